The van der Waals surface area contributed by atoms with Gasteiger partial charge in [-0.25, -0.2) is 0 Å². The van der Waals surface area contributed by atoms with Crippen LogP contribution < -0.4 is 5.73 Å². The third-order valence-corrected chi connectivity index (χ3v) is 2.90. The van der Waals surface area contributed by atoms with Crippen molar-refractivity contribution in [3.05, 3.63) is 48.0 Å². The number of benzene rings is 2. The largest absolute Gasteiger partial charge is 0.396 e. The molecule has 0 unspecified atom stereocenters. The first kappa shape index (κ1) is 14.0. The second-order valence-corrected chi connectivity index (χ2v) is 4.04. The number of rotatable bonds is 4. The SMILES string of the molecule is Cl.N[C@@H](CCCO)c1cccc2ccccc12. The normalized spacial score (nSPS) is 12.1. The van der Waals surface area contributed by atoms with Gasteiger partial charge in [-0.1, -0.05) is 42.5 Å². The summed E-state index contributed by atoms with van der Waals surface area (Å²) in [7, 11) is 0. The molecule has 2 rings (SSSR count). The summed E-state index contributed by atoms with van der Waals surface area (Å²) in [5.74, 6) is 0. The second kappa shape index (κ2) is 6.60. The van der Waals surface area contributed by atoms with E-state index in [9.17, 15) is 0 Å². The van der Waals surface area contributed by atoms with E-state index in [1.807, 2.05) is 18.2 Å². The van der Waals surface area contributed by atoms with Crippen molar-refractivity contribution in [1.82, 2.24) is 0 Å². The molecule has 3 N–H and O–H groups in total. The summed E-state index contributed by atoms with van der Waals surface area (Å²) in [6, 6.07) is 14.5. The molecular weight excluding hydrogens is 234 g/mol. The number of fused-ring (bicyclic) bond motifs is 1. The summed E-state index contributed by atoms with van der Waals surface area (Å²) >= 11 is 0. The molecule has 3 heteroatoms. The molecule has 1 atom stereocenters. The Morgan fingerprint density at radius 2 is 1.76 bits per heavy atom. The minimum Gasteiger partial charge on any atom is -0.396 e. The second-order valence-electron chi connectivity index (χ2n) is 4.04. The van der Waals surface area contributed by atoms with Gasteiger partial charge in [0.05, 0.1) is 0 Å². The summed E-state index contributed by atoms with van der Waals surface area (Å²) in [6.45, 7) is 0.207. The van der Waals surface area contributed by atoms with Crippen LogP contribution in [0.15, 0.2) is 42.5 Å². The minimum absolute atomic E-state index is 0. The van der Waals surface area contributed by atoms with E-state index >= 15 is 0 Å². The lowest BCUT2D eigenvalue weighted by molar-refractivity contribution is 0.280. The van der Waals surface area contributed by atoms with Gasteiger partial charge in [0.15, 0.2) is 0 Å². The van der Waals surface area contributed by atoms with E-state index in [1.165, 1.54) is 16.3 Å². The van der Waals surface area contributed by atoms with Crippen LogP contribution in [0.1, 0.15) is 24.4 Å². The van der Waals surface area contributed by atoms with E-state index in [0.717, 1.165) is 12.8 Å². The van der Waals surface area contributed by atoms with Gasteiger partial charge < -0.3 is 10.8 Å². The van der Waals surface area contributed by atoms with Crippen molar-refractivity contribution in [3.63, 3.8) is 0 Å². The summed E-state index contributed by atoms with van der Waals surface area (Å²) in [5, 5.41) is 11.3. The Bertz CT molecular complexity index is 467. The van der Waals surface area contributed by atoms with Crippen molar-refractivity contribution < 1.29 is 5.11 Å². The Kier molecular flexibility index (Phi) is 5.42. The van der Waals surface area contributed by atoms with Gasteiger partial charge in [-0.05, 0) is 29.2 Å². The Labute approximate surface area is 108 Å². The quantitative estimate of drug-likeness (QED) is 0.878. The summed E-state index contributed by atoms with van der Waals surface area (Å²) < 4.78 is 0. The molecule has 0 saturated carbocycles. The fraction of sp³-hybridized carbons (Fsp3) is 0.286. The Morgan fingerprint density at radius 1 is 1.06 bits per heavy atom. The predicted molar refractivity (Wildman–Crippen MR) is 74.4 cm³/mol. The molecule has 0 saturated heterocycles. The highest BCUT2D eigenvalue weighted by molar-refractivity contribution is 5.86. The number of hydrogen-bond acceptors (Lipinski definition) is 2. The molecule has 2 nitrogen and oxygen atoms in total. The van der Waals surface area contributed by atoms with Gasteiger partial charge in [-0.15, -0.1) is 12.4 Å². The molecular formula is C14H18ClNO. The van der Waals surface area contributed by atoms with Crippen LogP contribution in [0.4, 0.5) is 0 Å². The van der Waals surface area contributed by atoms with Crippen molar-refractivity contribution in [3.8, 4) is 0 Å². The monoisotopic (exact) mass is 251 g/mol. The first-order valence-electron chi connectivity index (χ1n) is 5.67. The minimum atomic E-state index is 0. The highest BCUT2D eigenvalue weighted by atomic mass is 35.5. The van der Waals surface area contributed by atoms with Gasteiger partial charge in [-0.3, -0.25) is 0 Å². The van der Waals surface area contributed by atoms with Gasteiger partial charge in [0.2, 0.25) is 0 Å². The molecule has 0 aliphatic heterocycles. The smallest absolute Gasteiger partial charge is 0.0431 e. The third kappa shape index (κ3) is 3.19. The van der Waals surface area contributed by atoms with Crippen LogP contribution in [0.2, 0.25) is 0 Å². The highest BCUT2D eigenvalue weighted by Crippen LogP contribution is 2.25. The van der Waals surface area contributed by atoms with Crippen LogP contribution in [0.25, 0.3) is 10.8 Å². The van der Waals surface area contributed by atoms with E-state index in [2.05, 4.69) is 24.3 Å². The number of nitrogens with two attached hydrogens (primary N) is 1. The van der Waals surface area contributed by atoms with Crippen molar-refractivity contribution in [1.29, 1.82) is 0 Å². The van der Waals surface area contributed by atoms with Crippen LogP contribution in [0.5, 0.6) is 0 Å². The molecule has 0 spiro atoms. The molecule has 92 valence electrons. The van der Waals surface area contributed by atoms with Gasteiger partial charge in [0, 0.05) is 12.6 Å². The maximum Gasteiger partial charge on any atom is 0.0431 e. The number of hydrogen-bond donors (Lipinski definition) is 2. The Hall–Kier alpha value is -1.09. The topological polar surface area (TPSA) is 46.2 Å². The summed E-state index contributed by atoms with van der Waals surface area (Å²) in [6.07, 6.45) is 1.58. The fourth-order valence-corrected chi connectivity index (χ4v) is 2.04. The zero-order valence-electron chi connectivity index (χ0n) is 9.67. The molecule has 0 aliphatic rings. The zero-order valence-corrected chi connectivity index (χ0v) is 10.5. The maximum atomic E-state index is 8.82. The molecule has 0 aliphatic carbocycles. The van der Waals surface area contributed by atoms with Crippen LogP contribution >= 0.6 is 12.4 Å². The summed E-state index contributed by atoms with van der Waals surface area (Å²) in [4.78, 5) is 0. The maximum absolute atomic E-state index is 8.82. The average molecular weight is 252 g/mol. The molecule has 2 aromatic carbocycles. The van der Waals surface area contributed by atoms with Crippen LogP contribution in [-0.4, -0.2) is 11.7 Å². The van der Waals surface area contributed by atoms with Gasteiger partial charge in [-0.2, -0.15) is 0 Å². The van der Waals surface area contributed by atoms with Crippen molar-refractivity contribution >= 4 is 23.2 Å². The molecule has 0 aromatic heterocycles. The highest BCUT2D eigenvalue weighted by Gasteiger charge is 2.08. The van der Waals surface area contributed by atoms with Gasteiger partial charge >= 0.3 is 0 Å². The predicted octanol–water partition coefficient (Wildman–Crippen LogP) is 3.03. The molecule has 0 heterocycles. The van der Waals surface area contributed by atoms with E-state index in [-0.39, 0.29) is 25.1 Å². The average Bonchev–Trinajstić information content (AvgIpc) is 2.35. The Morgan fingerprint density at radius 3 is 2.53 bits per heavy atom. The number of aliphatic hydroxyl groups excluding tert-OH is 1. The molecule has 0 bridgehead atoms. The van der Waals surface area contributed by atoms with Crippen LogP contribution in [0, 0.1) is 0 Å². The van der Waals surface area contributed by atoms with Crippen molar-refractivity contribution in [2.45, 2.75) is 18.9 Å². The lowest BCUT2D eigenvalue weighted by Crippen LogP contribution is -2.11. The number of aliphatic hydroxyl groups is 1. The third-order valence-electron chi connectivity index (χ3n) is 2.90. The molecule has 0 fully saturated rings. The molecule has 2 aromatic rings. The van der Waals surface area contributed by atoms with E-state index in [4.69, 9.17) is 10.8 Å². The van der Waals surface area contributed by atoms with Crippen LogP contribution in [-0.2, 0) is 0 Å². The molecule has 17 heavy (non-hydrogen) atoms. The lowest BCUT2D eigenvalue weighted by Gasteiger charge is -2.14. The molecule has 0 amide bonds. The van der Waals surface area contributed by atoms with E-state index in [1.54, 1.807) is 0 Å². The lowest BCUT2D eigenvalue weighted by atomic mass is 9.96. The summed E-state index contributed by atoms with van der Waals surface area (Å²) in [5.41, 5.74) is 7.31. The fourth-order valence-electron chi connectivity index (χ4n) is 2.04. The van der Waals surface area contributed by atoms with Gasteiger partial charge in [0.25, 0.3) is 0 Å². The standard InChI is InChI=1S/C14H17NO.ClH/c15-14(9-4-10-16)13-8-3-6-11-5-1-2-7-12(11)13;/h1-3,5-8,14,16H,4,9-10,15H2;1H/t14-;/m0./s1. The van der Waals surface area contributed by atoms with Crippen molar-refractivity contribution in [2.75, 3.05) is 6.61 Å². The molecule has 0 radical (unpaired) electrons. The van der Waals surface area contributed by atoms with Crippen LogP contribution in [0.3, 0.4) is 0 Å². The van der Waals surface area contributed by atoms with Gasteiger partial charge in [0.1, 0.15) is 0 Å². The number of halogens is 1. The first-order valence-corrected chi connectivity index (χ1v) is 5.67. The van der Waals surface area contributed by atoms with Crippen molar-refractivity contribution in [2.24, 2.45) is 5.73 Å². The zero-order chi connectivity index (χ0) is 11.4. The van der Waals surface area contributed by atoms with E-state index < -0.39 is 0 Å². The Balaban J connectivity index is 0.00000144. The first-order chi connectivity index (χ1) is 7.83. The van der Waals surface area contributed by atoms with E-state index in [0.29, 0.717) is 0 Å².